The van der Waals surface area contributed by atoms with Crippen LogP contribution in [0.1, 0.15) is 42.6 Å². The van der Waals surface area contributed by atoms with Gasteiger partial charge in [-0.1, -0.05) is 12.1 Å². The molecule has 0 unspecified atom stereocenters. The molecular weight excluding hydrogens is 387 g/mol. The zero-order valence-corrected chi connectivity index (χ0v) is 17.3. The second kappa shape index (κ2) is 9.61. The minimum atomic E-state index is -0.389. The van der Waals surface area contributed by atoms with Crippen LogP contribution in [0.2, 0.25) is 0 Å². The van der Waals surface area contributed by atoms with E-state index in [1.54, 1.807) is 0 Å². The number of ether oxygens (including phenoxy) is 2. The van der Waals surface area contributed by atoms with E-state index in [-0.39, 0.29) is 23.2 Å². The average Bonchev–Trinajstić information content (AvgIpc) is 3.03. The lowest BCUT2D eigenvalue weighted by atomic mass is 10.0. The number of para-hydroxylation sites is 1. The Morgan fingerprint density at radius 3 is 2.63 bits per heavy atom. The lowest BCUT2D eigenvalue weighted by Crippen LogP contribution is -2.30. The molecule has 2 amide bonds. The summed E-state index contributed by atoms with van der Waals surface area (Å²) < 4.78 is 24.6. The van der Waals surface area contributed by atoms with Crippen molar-refractivity contribution in [3.63, 3.8) is 0 Å². The Bertz CT molecular complexity index is 897. The number of halogens is 1. The number of rotatable bonds is 9. The number of fused-ring (bicyclic) bond motifs is 1. The minimum absolute atomic E-state index is 0.106. The smallest absolute Gasteiger partial charge is 0.251 e. The van der Waals surface area contributed by atoms with Crippen LogP contribution >= 0.6 is 0 Å². The molecule has 30 heavy (non-hydrogen) atoms. The van der Waals surface area contributed by atoms with Crippen LogP contribution in [-0.4, -0.2) is 37.1 Å². The average molecular weight is 414 g/mol. The van der Waals surface area contributed by atoms with Crippen LogP contribution in [0.25, 0.3) is 0 Å². The third kappa shape index (κ3) is 5.95. The Kier molecular flexibility index (Phi) is 6.92. The fourth-order valence-electron chi connectivity index (χ4n) is 3.30. The van der Waals surface area contributed by atoms with Crippen molar-refractivity contribution < 1.29 is 23.5 Å². The standard InChI is InChI=1S/C23H27FN2O4/c1-23(2)15-17-5-3-6-19(21(17)30-23)29-14-13-25-20(27)7-4-12-26-22(28)16-8-10-18(24)11-9-16/h3,5-6,8-11H,4,7,12-15H2,1-2H3,(H,25,27)(H,26,28). The quantitative estimate of drug-likeness (QED) is 0.618. The van der Waals surface area contributed by atoms with Crippen molar-refractivity contribution in [2.45, 2.75) is 38.7 Å². The Hall–Kier alpha value is -3.09. The van der Waals surface area contributed by atoms with Crippen LogP contribution in [0.15, 0.2) is 42.5 Å². The molecule has 2 aromatic carbocycles. The first-order valence-corrected chi connectivity index (χ1v) is 10.1. The molecule has 0 bridgehead atoms. The first-order chi connectivity index (χ1) is 14.3. The molecule has 0 spiro atoms. The summed E-state index contributed by atoms with van der Waals surface area (Å²) in [5.41, 5.74) is 1.28. The van der Waals surface area contributed by atoms with Crippen molar-refractivity contribution in [1.29, 1.82) is 0 Å². The van der Waals surface area contributed by atoms with Gasteiger partial charge in [-0.25, -0.2) is 4.39 Å². The van der Waals surface area contributed by atoms with E-state index in [4.69, 9.17) is 9.47 Å². The van der Waals surface area contributed by atoms with Crippen LogP contribution < -0.4 is 20.1 Å². The predicted octanol–water partition coefficient (Wildman–Crippen LogP) is 3.24. The third-order valence-corrected chi connectivity index (χ3v) is 4.71. The molecule has 0 aliphatic carbocycles. The highest BCUT2D eigenvalue weighted by molar-refractivity contribution is 5.94. The van der Waals surface area contributed by atoms with E-state index in [0.717, 1.165) is 17.7 Å². The van der Waals surface area contributed by atoms with Gasteiger partial charge in [0.2, 0.25) is 5.91 Å². The Morgan fingerprint density at radius 2 is 1.87 bits per heavy atom. The van der Waals surface area contributed by atoms with Gasteiger partial charge in [-0.15, -0.1) is 0 Å². The van der Waals surface area contributed by atoms with Crippen molar-refractivity contribution in [3.8, 4) is 11.5 Å². The molecule has 3 rings (SSSR count). The van der Waals surface area contributed by atoms with Crippen molar-refractivity contribution in [1.82, 2.24) is 10.6 Å². The molecule has 0 saturated heterocycles. The molecule has 1 aliphatic rings. The Morgan fingerprint density at radius 1 is 1.10 bits per heavy atom. The predicted molar refractivity (Wildman–Crippen MR) is 111 cm³/mol. The van der Waals surface area contributed by atoms with E-state index in [1.807, 2.05) is 32.0 Å². The van der Waals surface area contributed by atoms with Crippen molar-refractivity contribution >= 4 is 11.8 Å². The lowest BCUT2D eigenvalue weighted by molar-refractivity contribution is -0.121. The van der Waals surface area contributed by atoms with Crippen LogP contribution in [0.4, 0.5) is 4.39 Å². The maximum Gasteiger partial charge on any atom is 0.251 e. The molecule has 0 saturated carbocycles. The van der Waals surface area contributed by atoms with Crippen LogP contribution in [-0.2, 0) is 11.2 Å². The second-order valence-electron chi connectivity index (χ2n) is 7.85. The van der Waals surface area contributed by atoms with E-state index in [2.05, 4.69) is 10.6 Å². The first-order valence-electron chi connectivity index (χ1n) is 10.1. The molecule has 2 aromatic rings. The number of hydrogen-bond acceptors (Lipinski definition) is 4. The fraction of sp³-hybridized carbons (Fsp3) is 0.391. The molecule has 0 atom stereocenters. The number of benzene rings is 2. The van der Waals surface area contributed by atoms with Crippen molar-refractivity contribution in [2.24, 2.45) is 0 Å². The highest BCUT2D eigenvalue weighted by atomic mass is 19.1. The summed E-state index contributed by atoms with van der Waals surface area (Å²) in [6.07, 6.45) is 1.64. The summed E-state index contributed by atoms with van der Waals surface area (Å²) in [6, 6.07) is 11.2. The van der Waals surface area contributed by atoms with Gasteiger partial charge in [-0.3, -0.25) is 9.59 Å². The topological polar surface area (TPSA) is 76.7 Å². The zero-order chi connectivity index (χ0) is 21.6. The van der Waals surface area contributed by atoms with Gasteiger partial charge in [0.05, 0.1) is 6.54 Å². The highest BCUT2D eigenvalue weighted by Gasteiger charge is 2.32. The van der Waals surface area contributed by atoms with Gasteiger partial charge >= 0.3 is 0 Å². The molecular formula is C23H27FN2O4. The van der Waals surface area contributed by atoms with Gasteiger partial charge in [0, 0.05) is 30.5 Å². The maximum atomic E-state index is 12.9. The molecule has 0 aromatic heterocycles. The van der Waals surface area contributed by atoms with Gasteiger partial charge in [-0.05, 0) is 50.6 Å². The highest BCUT2D eigenvalue weighted by Crippen LogP contribution is 2.41. The molecule has 1 heterocycles. The second-order valence-corrected chi connectivity index (χ2v) is 7.85. The van der Waals surface area contributed by atoms with Gasteiger partial charge in [-0.2, -0.15) is 0 Å². The van der Waals surface area contributed by atoms with Crippen molar-refractivity contribution in [2.75, 3.05) is 19.7 Å². The van der Waals surface area contributed by atoms with E-state index in [9.17, 15) is 14.0 Å². The minimum Gasteiger partial charge on any atom is -0.488 e. The van der Waals surface area contributed by atoms with Gasteiger partial charge < -0.3 is 20.1 Å². The molecule has 0 fully saturated rings. The van der Waals surface area contributed by atoms with Crippen LogP contribution in [0.5, 0.6) is 11.5 Å². The normalized spacial score (nSPS) is 13.8. The van der Waals surface area contributed by atoms with E-state index in [1.165, 1.54) is 24.3 Å². The molecule has 0 radical (unpaired) electrons. The summed E-state index contributed by atoms with van der Waals surface area (Å²) >= 11 is 0. The van der Waals surface area contributed by atoms with Crippen molar-refractivity contribution in [3.05, 3.63) is 59.4 Å². The summed E-state index contributed by atoms with van der Waals surface area (Å²) in [5.74, 6) is 0.691. The maximum absolute atomic E-state index is 12.9. The van der Waals surface area contributed by atoms with Gasteiger partial charge in [0.25, 0.3) is 5.91 Å². The van der Waals surface area contributed by atoms with Crippen LogP contribution in [0.3, 0.4) is 0 Å². The van der Waals surface area contributed by atoms with Gasteiger partial charge in [0.1, 0.15) is 18.0 Å². The number of amides is 2. The lowest BCUT2D eigenvalue weighted by Gasteiger charge is -2.18. The SMILES string of the molecule is CC1(C)Cc2cccc(OCCNC(=O)CCCNC(=O)c3ccc(F)cc3)c2O1. The fourth-order valence-corrected chi connectivity index (χ4v) is 3.30. The Labute approximate surface area is 175 Å². The van der Waals surface area contributed by atoms with E-state index < -0.39 is 0 Å². The molecule has 7 heteroatoms. The zero-order valence-electron chi connectivity index (χ0n) is 17.3. The summed E-state index contributed by atoms with van der Waals surface area (Å²) in [4.78, 5) is 23.8. The monoisotopic (exact) mass is 414 g/mol. The summed E-state index contributed by atoms with van der Waals surface area (Å²) in [7, 11) is 0. The molecule has 6 nitrogen and oxygen atoms in total. The van der Waals surface area contributed by atoms with E-state index >= 15 is 0 Å². The molecule has 2 N–H and O–H groups in total. The summed E-state index contributed by atoms with van der Waals surface area (Å²) in [5, 5.41) is 5.52. The van der Waals surface area contributed by atoms with Gasteiger partial charge in [0.15, 0.2) is 11.5 Å². The first kappa shape index (κ1) is 21.6. The third-order valence-electron chi connectivity index (χ3n) is 4.71. The molecule has 160 valence electrons. The number of hydrogen-bond donors (Lipinski definition) is 2. The number of carbonyl (C=O) groups excluding carboxylic acids is 2. The number of carbonyl (C=O) groups is 2. The van der Waals surface area contributed by atoms with Crippen LogP contribution in [0, 0.1) is 5.82 Å². The largest absolute Gasteiger partial charge is 0.488 e. The number of nitrogens with one attached hydrogen (secondary N) is 2. The Balaban J connectivity index is 1.30. The van der Waals surface area contributed by atoms with E-state index in [0.29, 0.717) is 43.9 Å². The molecule has 1 aliphatic heterocycles. The summed E-state index contributed by atoms with van der Waals surface area (Å²) in [6.45, 7) is 5.17.